The van der Waals surface area contributed by atoms with Gasteiger partial charge in [-0.1, -0.05) is 36.4 Å². The average molecular weight is 323 g/mol. The molecule has 0 aromatic heterocycles. The number of rotatable bonds is 4. The number of piperazine rings is 1. The van der Waals surface area contributed by atoms with Gasteiger partial charge in [-0.25, -0.2) is 0 Å². The molecule has 1 heterocycles. The molecular weight excluding hydrogens is 298 g/mol. The SMILES string of the molecule is Cc1ccccc1N1CCN([C@@H](C)C(=O)Nc2ccccc2)CC1. The lowest BCUT2D eigenvalue weighted by Crippen LogP contribution is -2.53. The highest BCUT2D eigenvalue weighted by atomic mass is 16.2. The van der Waals surface area contributed by atoms with Gasteiger partial charge >= 0.3 is 0 Å². The lowest BCUT2D eigenvalue weighted by molar-refractivity contribution is -0.120. The Hall–Kier alpha value is -2.33. The van der Waals surface area contributed by atoms with E-state index in [0.29, 0.717) is 0 Å². The van der Waals surface area contributed by atoms with Gasteiger partial charge in [0.05, 0.1) is 6.04 Å². The molecule has 2 aromatic carbocycles. The van der Waals surface area contributed by atoms with Crippen molar-refractivity contribution in [3.63, 3.8) is 0 Å². The molecule has 0 unspecified atom stereocenters. The Morgan fingerprint density at radius 3 is 2.25 bits per heavy atom. The number of hydrogen-bond donors (Lipinski definition) is 1. The van der Waals surface area contributed by atoms with Crippen LogP contribution in [0, 0.1) is 6.92 Å². The fourth-order valence-corrected chi connectivity index (χ4v) is 3.20. The van der Waals surface area contributed by atoms with Crippen LogP contribution in [0.3, 0.4) is 0 Å². The summed E-state index contributed by atoms with van der Waals surface area (Å²) in [7, 11) is 0. The number of hydrogen-bond acceptors (Lipinski definition) is 3. The van der Waals surface area contributed by atoms with E-state index in [1.807, 2.05) is 37.3 Å². The third kappa shape index (κ3) is 3.77. The summed E-state index contributed by atoms with van der Waals surface area (Å²) in [4.78, 5) is 17.1. The van der Waals surface area contributed by atoms with Crippen molar-refractivity contribution in [2.75, 3.05) is 36.4 Å². The molecule has 0 radical (unpaired) electrons. The van der Waals surface area contributed by atoms with Gasteiger partial charge in [-0.15, -0.1) is 0 Å². The first-order chi connectivity index (χ1) is 11.6. The van der Waals surface area contributed by atoms with Crippen molar-refractivity contribution in [3.05, 3.63) is 60.2 Å². The van der Waals surface area contributed by atoms with Crippen LogP contribution in [-0.2, 0) is 4.79 Å². The Morgan fingerprint density at radius 1 is 0.958 bits per heavy atom. The van der Waals surface area contributed by atoms with Crippen molar-refractivity contribution in [1.29, 1.82) is 0 Å². The van der Waals surface area contributed by atoms with Crippen LogP contribution in [0.25, 0.3) is 0 Å². The highest BCUT2D eigenvalue weighted by molar-refractivity contribution is 5.94. The molecule has 1 aliphatic heterocycles. The molecule has 1 saturated heterocycles. The molecule has 4 heteroatoms. The van der Waals surface area contributed by atoms with E-state index >= 15 is 0 Å². The third-order valence-corrected chi connectivity index (χ3v) is 4.74. The number of aryl methyl sites for hydroxylation is 1. The van der Waals surface area contributed by atoms with Crippen LogP contribution in [0.1, 0.15) is 12.5 Å². The van der Waals surface area contributed by atoms with Gasteiger partial charge in [-0.3, -0.25) is 9.69 Å². The number of para-hydroxylation sites is 2. The van der Waals surface area contributed by atoms with Gasteiger partial charge in [0.2, 0.25) is 5.91 Å². The van der Waals surface area contributed by atoms with E-state index < -0.39 is 0 Å². The molecule has 0 bridgehead atoms. The number of carbonyl (C=O) groups excluding carboxylic acids is 1. The van der Waals surface area contributed by atoms with E-state index in [-0.39, 0.29) is 11.9 Å². The molecule has 4 nitrogen and oxygen atoms in total. The second kappa shape index (κ2) is 7.49. The summed E-state index contributed by atoms with van der Waals surface area (Å²) in [5.74, 6) is 0.0607. The van der Waals surface area contributed by atoms with Crippen molar-refractivity contribution >= 4 is 17.3 Å². The van der Waals surface area contributed by atoms with Gasteiger partial charge in [-0.2, -0.15) is 0 Å². The van der Waals surface area contributed by atoms with E-state index in [0.717, 1.165) is 31.9 Å². The van der Waals surface area contributed by atoms with Crippen LogP contribution in [-0.4, -0.2) is 43.0 Å². The molecule has 126 valence electrons. The van der Waals surface area contributed by atoms with Crippen molar-refractivity contribution in [2.45, 2.75) is 19.9 Å². The molecule has 1 atom stereocenters. The van der Waals surface area contributed by atoms with Crippen LogP contribution < -0.4 is 10.2 Å². The monoisotopic (exact) mass is 323 g/mol. The molecule has 1 aliphatic rings. The Kier molecular flexibility index (Phi) is 5.16. The van der Waals surface area contributed by atoms with Crippen molar-refractivity contribution in [1.82, 2.24) is 4.90 Å². The zero-order valence-corrected chi connectivity index (χ0v) is 14.4. The van der Waals surface area contributed by atoms with E-state index in [9.17, 15) is 4.79 Å². The number of amides is 1. The lowest BCUT2D eigenvalue weighted by Gasteiger charge is -2.39. The molecule has 2 aromatic rings. The molecule has 0 saturated carbocycles. The molecule has 1 N–H and O–H groups in total. The highest BCUT2D eigenvalue weighted by Gasteiger charge is 2.26. The number of carbonyl (C=O) groups is 1. The summed E-state index contributed by atoms with van der Waals surface area (Å²) < 4.78 is 0. The summed E-state index contributed by atoms with van der Waals surface area (Å²) >= 11 is 0. The van der Waals surface area contributed by atoms with E-state index in [2.05, 4.69) is 46.3 Å². The van der Waals surface area contributed by atoms with Crippen molar-refractivity contribution in [2.24, 2.45) is 0 Å². The van der Waals surface area contributed by atoms with Gasteiger partial charge in [-0.05, 0) is 37.6 Å². The summed E-state index contributed by atoms with van der Waals surface area (Å²) in [6, 6.07) is 18.0. The molecule has 0 spiro atoms. The second-order valence-electron chi connectivity index (χ2n) is 6.34. The van der Waals surface area contributed by atoms with Crippen LogP contribution >= 0.6 is 0 Å². The highest BCUT2D eigenvalue weighted by Crippen LogP contribution is 2.21. The molecule has 3 rings (SSSR count). The van der Waals surface area contributed by atoms with E-state index in [1.165, 1.54) is 11.3 Å². The molecule has 24 heavy (non-hydrogen) atoms. The quantitative estimate of drug-likeness (QED) is 0.939. The summed E-state index contributed by atoms with van der Waals surface area (Å²) in [5, 5.41) is 3.00. The van der Waals surface area contributed by atoms with E-state index in [1.54, 1.807) is 0 Å². The fraction of sp³-hybridized carbons (Fsp3) is 0.350. The predicted molar refractivity (Wildman–Crippen MR) is 99.5 cm³/mol. The standard InChI is InChI=1S/C20H25N3O/c1-16-8-6-7-11-19(16)23-14-12-22(13-15-23)17(2)20(24)21-18-9-4-3-5-10-18/h3-11,17H,12-15H2,1-2H3,(H,21,24)/t17-/m0/s1. The number of anilines is 2. The first kappa shape index (κ1) is 16.5. The van der Waals surface area contributed by atoms with Gasteiger partial charge in [0.25, 0.3) is 0 Å². The summed E-state index contributed by atoms with van der Waals surface area (Å²) in [6.45, 7) is 7.84. The Balaban J connectivity index is 1.56. The maximum absolute atomic E-state index is 12.5. The average Bonchev–Trinajstić information content (AvgIpc) is 2.62. The molecule has 1 amide bonds. The van der Waals surface area contributed by atoms with Crippen LogP contribution in [0.4, 0.5) is 11.4 Å². The van der Waals surface area contributed by atoms with E-state index in [4.69, 9.17) is 0 Å². The normalized spacial score (nSPS) is 16.7. The topological polar surface area (TPSA) is 35.6 Å². The van der Waals surface area contributed by atoms with Gasteiger partial charge in [0, 0.05) is 37.6 Å². The number of nitrogens with one attached hydrogen (secondary N) is 1. The fourth-order valence-electron chi connectivity index (χ4n) is 3.20. The largest absolute Gasteiger partial charge is 0.369 e. The zero-order chi connectivity index (χ0) is 16.9. The molecular formula is C20H25N3O. The summed E-state index contributed by atoms with van der Waals surface area (Å²) in [5.41, 5.74) is 3.47. The Bertz CT molecular complexity index is 678. The zero-order valence-electron chi connectivity index (χ0n) is 14.4. The minimum absolute atomic E-state index is 0.0607. The van der Waals surface area contributed by atoms with Crippen molar-refractivity contribution in [3.8, 4) is 0 Å². The summed E-state index contributed by atoms with van der Waals surface area (Å²) in [6.07, 6.45) is 0. The number of benzene rings is 2. The van der Waals surface area contributed by atoms with Crippen LogP contribution in [0.15, 0.2) is 54.6 Å². The lowest BCUT2D eigenvalue weighted by atomic mass is 10.1. The second-order valence-corrected chi connectivity index (χ2v) is 6.34. The smallest absolute Gasteiger partial charge is 0.241 e. The minimum atomic E-state index is -0.121. The first-order valence-corrected chi connectivity index (χ1v) is 8.55. The predicted octanol–water partition coefficient (Wildman–Crippen LogP) is 3.14. The van der Waals surface area contributed by atoms with Crippen LogP contribution in [0.5, 0.6) is 0 Å². The Morgan fingerprint density at radius 2 is 1.58 bits per heavy atom. The van der Waals surface area contributed by atoms with Crippen LogP contribution in [0.2, 0.25) is 0 Å². The van der Waals surface area contributed by atoms with Gasteiger partial charge < -0.3 is 10.2 Å². The van der Waals surface area contributed by atoms with Gasteiger partial charge in [0.1, 0.15) is 0 Å². The van der Waals surface area contributed by atoms with Crippen molar-refractivity contribution < 1.29 is 4.79 Å². The number of nitrogens with zero attached hydrogens (tertiary/aromatic N) is 2. The Labute approximate surface area is 144 Å². The van der Waals surface area contributed by atoms with Gasteiger partial charge in [0.15, 0.2) is 0 Å². The molecule has 1 fully saturated rings. The first-order valence-electron chi connectivity index (χ1n) is 8.55. The molecule has 0 aliphatic carbocycles. The maximum Gasteiger partial charge on any atom is 0.241 e. The third-order valence-electron chi connectivity index (χ3n) is 4.74. The maximum atomic E-state index is 12.5. The minimum Gasteiger partial charge on any atom is -0.369 e.